The summed E-state index contributed by atoms with van der Waals surface area (Å²) in [5, 5.41) is 28.7. The van der Waals surface area contributed by atoms with Crippen LogP contribution in [-0.2, 0) is 16.0 Å². The van der Waals surface area contributed by atoms with Gasteiger partial charge in [0, 0.05) is 13.0 Å². The first kappa shape index (κ1) is 18.9. The summed E-state index contributed by atoms with van der Waals surface area (Å²) in [6, 6.07) is 7.26. The zero-order chi connectivity index (χ0) is 19.3. The second-order valence-electron chi connectivity index (χ2n) is 5.79. The van der Waals surface area contributed by atoms with Gasteiger partial charge < -0.3 is 21.5 Å². The molecule has 3 amide bonds. The molecule has 0 radical (unpaired) electrons. The van der Waals surface area contributed by atoms with Crippen LogP contribution in [0.3, 0.4) is 0 Å². The number of imide groups is 1. The number of nitrogens with one attached hydrogen (secondary N) is 4. The minimum atomic E-state index is -1.35. The molecular weight excluding hydrogens is 340 g/mol. The number of guanidine groups is 1. The first-order valence-corrected chi connectivity index (χ1v) is 7.87. The average Bonchev–Trinajstić information content (AvgIpc) is 2.57. The van der Waals surface area contributed by atoms with E-state index in [2.05, 4.69) is 10.6 Å². The number of likely N-dealkylation sites (tertiary alicyclic amines) is 1. The minimum Gasteiger partial charge on any atom is -0.480 e. The number of rotatable bonds is 6. The number of amides is 3. The van der Waals surface area contributed by atoms with E-state index in [1.165, 1.54) is 0 Å². The van der Waals surface area contributed by atoms with Crippen LogP contribution in [0.5, 0.6) is 0 Å². The number of β-lactam (4-membered cyclic amide) rings is 1. The van der Waals surface area contributed by atoms with E-state index in [1.54, 1.807) is 0 Å². The Labute approximate surface area is 149 Å². The number of nitrogens with two attached hydrogens (primary N) is 1. The normalized spacial score (nSPS) is 18.6. The molecule has 1 saturated heterocycles. The highest BCUT2D eigenvalue weighted by Crippen LogP contribution is 2.30. The molecule has 0 aromatic heterocycles. The van der Waals surface area contributed by atoms with E-state index < -0.39 is 35.8 Å². The predicted molar refractivity (Wildman–Crippen MR) is 92.7 cm³/mol. The van der Waals surface area contributed by atoms with Crippen LogP contribution in [-0.4, -0.2) is 52.3 Å². The summed E-state index contributed by atoms with van der Waals surface area (Å²) in [4.78, 5) is 36.4. The summed E-state index contributed by atoms with van der Waals surface area (Å²) >= 11 is 0. The lowest BCUT2D eigenvalue weighted by molar-refractivity contribution is -0.165. The van der Waals surface area contributed by atoms with Crippen molar-refractivity contribution in [2.45, 2.75) is 18.9 Å². The summed E-state index contributed by atoms with van der Waals surface area (Å²) in [6.07, 6.45) is 0.298. The van der Waals surface area contributed by atoms with Gasteiger partial charge in [-0.2, -0.15) is 0 Å². The molecule has 2 atom stereocenters. The van der Waals surface area contributed by atoms with E-state index in [0.29, 0.717) is 11.3 Å². The Morgan fingerprint density at radius 2 is 1.88 bits per heavy atom. The van der Waals surface area contributed by atoms with Gasteiger partial charge in [0.15, 0.2) is 12.0 Å². The Kier molecular flexibility index (Phi) is 5.89. The third kappa shape index (κ3) is 4.35. The van der Waals surface area contributed by atoms with Crippen LogP contribution in [0.1, 0.15) is 12.0 Å². The number of carbonyl (C=O) groups excluding carboxylic acids is 2. The number of urea groups is 1. The van der Waals surface area contributed by atoms with E-state index in [9.17, 15) is 19.5 Å². The molecule has 1 fully saturated rings. The second-order valence-corrected chi connectivity index (χ2v) is 5.79. The Morgan fingerprint density at radius 3 is 2.46 bits per heavy atom. The van der Waals surface area contributed by atoms with Crippen LogP contribution in [0.25, 0.3) is 0 Å². The Hall–Kier alpha value is -3.43. The summed E-state index contributed by atoms with van der Waals surface area (Å²) in [5.41, 5.74) is 6.09. The standard InChI is InChI=1S/C16H20N6O4/c17-11(21-15(18)19)8-10-12(14(24)25)22(13(10)23)16(26)20-7-6-9-4-2-1-3-5-9/h1-5,10,12H,6-8H2,(H,20,26)(H,24,25)(H5,17,18,19,21)/t10-,12+/m1/s1. The van der Waals surface area contributed by atoms with Crippen molar-refractivity contribution in [1.29, 1.82) is 10.8 Å². The molecule has 2 rings (SSSR count). The number of carbonyl (C=O) groups is 3. The van der Waals surface area contributed by atoms with Crippen molar-refractivity contribution in [1.82, 2.24) is 15.5 Å². The molecule has 138 valence electrons. The van der Waals surface area contributed by atoms with Gasteiger partial charge >= 0.3 is 12.0 Å². The fourth-order valence-corrected chi connectivity index (χ4v) is 2.73. The van der Waals surface area contributed by atoms with Gasteiger partial charge in [-0.3, -0.25) is 15.6 Å². The fraction of sp³-hybridized carbons (Fsp3) is 0.312. The van der Waals surface area contributed by atoms with Crippen molar-refractivity contribution in [2.75, 3.05) is 6.54 Å². The molecule has 0 saturated carbocycles. The first-order valence-electron chi connectivity index (χ1n) is 7.87. The van der Waals surface area contributed by atoms with E-state index in [0.717, 1.165) is 5.56 Å². The van der Waals surface area contributed by atoms with Crippen molar-refractivity contribution in [3.05, 3.63) is 35.9 Å². The van der Waals surface area contributed by atoms with Gasteiger partial charge in [0.25, 0.3) is 0 Å². The number of nitrogens with zero attached hydrogens (tertiary/aromatic N) is 1. The van der Waals surface area contributed by atoms with Gasteiger partial charge in [-0.25, -0.2) is 14.5 Å². The summed E-state index contributed by atoms with van der Waals surface area (Å²) in [7, 11) is 0. The molecule has 26 heavy (non-hydrogen) atoms. The Balaban J connectivity index is 1.92. The topological polar surface area (TPSA) is 172 Å². The largest absolute Gasteiger partial charge is 0.480 e. The van der Waals surface area contributed by atoms with Crippen LogP contribution in [0.2, 0.25) is 0 Å². The van der Waals surface area contributed by atoms with Crippen molar-refractivity contribution in [3.63, 3.8) is 0 Å². The molecule has 1 heterocycles. The number of aliphatic carboxylic acids is 1. The first-order chi connectivity index (χ1) is 12.3. The maximum absolute atomic E-state index is 12.2. The summed E-state index contributed by atoms with van der Waals surface area (Å²) in [6.45, 7) is 0.255. The molecule has 1 aliphatic heterocycles. The highest BCUT2D eigenvalue weighted by Gasteiger charge is 2.55. The Bertz CT molecular complexity index is 736. The van der Waals surface area contributed by atoms with E-state index in [4.69, 9.17) is 16.6 Å². The number of amidine groups is 1. The van der Waals surface area contributed by atoms with Gasteiger partial charge in [0.05, 0.1) is 5.92 Å². The molecule has 1 aliphatic rings. The smallest absolute Gasteiger partial charge is 0.327 e. The van der Waals surface area contributed by atoms with Gasteiger partial charge in [-0.1, -0.05) is 30.3 Å². The van der Waals surface area contributed by atoms with Gasteiger partial charge in [0.2, 0.25) is 5.91 Å². The SMILES string of the molecule is N=C(N)NC(=N)C[C@H]1C(=O)N(C(=O)NCCc2ccccc2)[C@@H]1C(=O)O. The van der Waals surface area contributed by atoms with Gasteiger partial charge in [-0.05, 0) is 12.0 Å². The van der Waals surface area contributed by atoms with Crippen molar-refractivity contribution in [2.24, 2.45) is 11.7 Å². The maximum atomic E-state index is 12.2. The molecular formula is C16H20N6O4. The van der Waals surface area contributed by atoms with Gasteiger partial charge in [-0.15, -0.1) is 0 Å². The summed E-state index contributed by atoms with van der Waals surface area (Å²) in [5.74, 6) is -3.80. The van der Waals surface area contributed by atoms with Crippen LogP contribution >= 0.6 is 0 Å². The lowest BCUT2D eigenvalue weighted by Gasteiger charge is -2.42. The molecule has 0 bridgehead atoms. The number of carboxylic acid groups (broad SMARTS) is 1. The highest BCUT2D eigenvalue weighted by molar-refractivity contribution is 6.09. The van der Waals surface area contributed by atoms with E-state index >= 15 is 0 Å². The molecule has 7 N–H and O–H groups in total. The molecule has 0 unspecified atom stereocenters. The minimum absolute atomic E-state index is 0.247. The van der Waals surface area contributed by atoms with Crippen LogP contribution in [0.4, 0.5) is 4.79 Å². The monoisotopic (exact) mass is 360 g/mol. The third-order valence-electron chi connectivity index (χ3n) is 3.93. The lowest BCUT2D eigenvalue weighted by atomic mass is 9.84. The Morgan fingerprint density at radius 1 is 1.23 bits per heavy atom. The lowest BCUT2D eigenvalue weighted by Crippen LogP contribution is -2.68. The highest BCUT2D eigenvalue weighted by atomic mass is 16.4. The molecule has 0 aliphatic carbocycles. The zero-order valence-corrected chi connectivity index (χ0v) is 13.9. The van der Waals surface area contributed by atoms with Gasteiger partial charge in [0.1, 0.15) is 5.84 Å². The quantitative estimate of drug-likeness (QED) is 0.231. The van der Waals surface area contributed by atoms with E-state index in [1.807, 2.05) is 30.3 Å². The zero-order valence-electron chi connectivity index (χ0n) is 13.9. The van der Waals surface area contributed by atoms with Crippen LogP contribution in [0, 0.1) is 16.7 Å². The van der Waals surface area contributed by atoms with Crippen LogP contribution in [0.15, 0.2) is 30.3 Å². The van der Waals surface area contributed by atoms with Crippen molar-refractivity contribution in [3.8, 4) is 0 Å². The molecule has 10 nitrogen and oxygen atoms in total. The number of hydrogen-bond acceptors (Lipinski definition) is 5. The second kappa shape index (κ2) is 8.10. The average molecular weight is 360 g/mol. The molecule has 1 aromatic rings. The summed E-state index contributed by atoms with van der Waals surface area (Å²) < 4.78 is 0. The van der Waals surface area contributed by atoms with Crippen molar-refractivity contribution < 1.29 is 19.5 Å². The molecule has 1 aromatic carbocycles. The number of benzene rings is 1. The van der Waals surface area contributed by atoms with Crippen molar-refractivity contribution >= 4 is 29.7 Å². The molecule has 10 heteroatoms. The number of carboxylic acids is 1. The third-order valence-corrected chi connectivity index (χ3v) is 3.93. The number of hydrogen-bond donors (Lipinski definition) is 6. The van der Waals surface area contributed by atoms with Crippen LogP contribution < -0.4 is 16.4 Å². The predicted octanol–water partition coefficient (Wildman–Crippen LogP) is -0.299. The van der Waals surface area contributed by atoms with E-state index in [-0.39, 0.29) is 18.8 Å². The molecule has 0 spiro atoms. The maximum Gasteiger partial charge on any atom is 0.327 e. The fourth-order valence-electron chi connectivity index (χ4n) is 2.73.